The van der Waals surface area contributed by atoms with E-state index in [0.717, 1.165) is 29.4 Å². The number of rotatable bonds is 3. The van der Waals surface area contributed by atoms with Crippen molar-refractivity contribution in [2.45, 2.75) is 25.4 Å². The Morgan fingerprint density at radius 3 is 2.79 bits per heavy atom. The average molecular weight is 324 g/mol. The highest BCUT2D eigenvalue weighted by atomic mass is 19.1. The number of benzene rings is 2. The van der Waals surface area contributed by atoms with Gasteiger partial charge < -0.3 is 4.90 Å². The molecule has 0 N–H and O–H groups in total. The molecule has 0 spiro atoms. The van der Waals surface area contributed by atoms with Crippen LogP contribution in [0.1, 0.15) is 24.4 Å². The van der Waals surface area contributed by atoms with Crippen LogP contribution in [0.5, 0.6) is 0 Å². The molecule has 1 amide bonds. The molecular weight excluding hydrogens is 307 g/mol. The fourth-order valence-electron chi connectivity index (χ4n) is 3.35. The molecule has 0 saturated carbocycles. The lowest BCUT2D eigenvalue weighted by atomic mass is 10.0. The minimum atomic E-state index is -0.260. The second-order valence-corrected chi connectivity index (χ2v) is 6.03. The highest BCUT2D eigenvalue weighted by Crippen LogP contribution is 2.32. The van der Waals surface area contributed by atoms with Crippen LogP contribution in [0.25, 0.3) is 11.0 Å². The lowest BCUT2D eigenvalue weighted by molar-refractivity contribution is -0.132. The van der Waals surface area contributed by atoms with Crippen LogP contribution in [0, 0.1) is 5.82 Å². The van der Waals surface area contributed by atoms with Gasteiger partial charge in [0.1, 0.15) is 17.9 Å². The zero-order chi connectivity index (χ0) is 16.5. The summed E-state index contributed by atoms with van der Waals surface area (Å²) < 4.78 is 14.8. The van der Waals surface area contributed by atoms with E-state index in [1.54, 1.807) is 16.8 Å². The Morgan fingerprint density at radius 1 is 1.17 bits per heavy atom. The lowest BCUT2D eigenvalue weighted by Gasteiger charge is -2.25. The van der Waals surface area contributed by atoms with Crippen molar-refractivity contribution >= 4 is 16.9 Å². The van der Waals surface area contributed by atoms with Gasteiger partial charge in [0.05, 0.1) is 11.6 Å². The van der Waals surface area contributed by atoms with Crippen molar-refractivity contribution in [2.24, 2.45) is 0 Å². The van der Waals surface area contributed by atoms with Crippen LogP contribution < -0.4 is 0 Å². The first-order valence-corrected chi connectivity index (χ1v) is 8.05. The molecule has 1 unspecified atom stereocenters. The van der Waals surface area contributed by atoms with Crippen LogP contribution in [0.3, 0.4) is 0 Å². The van der Waals surface area contributed by atoms with E-state index in [2.05, 4.69) is 10.3 Å². The fraction of sp³-hybridized carbons (Fsp3) is 0.278. The van der Waals surface area contributed by atoms with Gasteiger partial charge in [-0.1, -0.05) is 29.5 Å². The number of carbonyl (C=O) groups is 1. The second kappa shape index (κ2) is 6.03. The Bertz CT molecular complexity index is 874. The molecule has 4 rings (SSSR count). The molecule has 2 aromatic carbocycles. The number of aromatic nitrogens is 3. The van der Waals surface area contributed by atoms with Crippen molar-refractivity contribution in [3.63, 3.8) is 0 Å². The molecule has 1 atom stereocenters. The van der Waals surface area contributed by atoms with Gasteiger partial charge in [0.15, 0.2) is 0 Å². The number of nitrogens with zero attached hydrogens (tertiary/aromatic N) is 4. The zero-order valence-electron chi connectivity index (χ0n) is 13.1. The second-order valence-electron chi connectivity index (χ2n) is 6.03. The van der Waals surface area contributed by atoms with Crippen LogP contribution in [-0.2, 0) is 11.3 Å². The number of halogens is 1. The van der Waals surface area contributed by atoms with Crippen molar-refractivity contribution in [3.8, 4) is 0 Å². The number of fused-ring (bicyclic) bond motifs is 1. The number of hydrogen-bond donors (Lipinski definition) is 0. The molecule has 0 radical (unpaired) electrons. The van der Waals surface area contributed by atoms with Gasteiger partial charge >= 0.3 is 0 Å². The van der Waals surface area contributed by atoms with Gasteiger partial charge in [-0.15, -0.1) is 5.10 Å². The van der Waals surface area contributed by atoms with E-state index >= 15 is 0 Å². The van der Waals surface area contributed by atoms with Crippen molar-refractivity contribution in [1.82, 2.24) is 19.9 Å². The Kier molecular flexibility index (Phi) is 3.72. The summed E-state index contributed by atoms with van der Waals surface area (Å²) in [5, 5.41) is 8.17. The smallest absolute Gasteiger partial charge is 0.244 e. The Balaban J connectivity index is 1.56. The SMILES string of the molecule is O=C(Cn1nnc2ccccc21)N1CCCC1c1ccc(F)cc1. The minimum absolute atomic E-state index is 0.00730. The van der Waals surface area contributed by atoms with Crippen LogP contribution in [0.2, 0.25) is 0 Å². The first-order chi connectivity index (χ1) is 11.7. The molecule has 5 nitrogen and oxygen atoms in total. The lowest BCUT2D eigenvalue weighted by Crippen LogP contribution is -2.33. The van der Waals surface area contributed by atoms with Gasteiger partial charge in [-0.2, -0.15) is 0 Å². The third-order valence-electron chi connectivity index (χ3n) is 4.53. The zero-order valence-corrected chi connectivity index (χ0v) is 13.1. The van der Waals surface area contributed by atoms with Gasteiger partial charge in [-0.3, -0.25) is 4.79 Å². The van der Waals surface area contributed by atoms with Crippen LogP contribution in [-0.4, -0.2) is 32.3 Å². The van der Waals surface area contributed by atoms with Gasteiger partial charge in [-0.25, -0.2) is 9.07 Å². The quantitative estimate of drug-likeness (QED) is 0.744. The number of para-hydroxylation sites is 1. The molecular formula is C18H17FN4O. The minimum Gasteiger partial charge on any atom is -0.334 e. The predicted molar refractivity (Wildman–Crippen MR) is 87.6 cm³/mol. The van der Waals surface area contributed by atoms with Crippen molar-refractivity contribution < 1.29 is 9.18 Å². The molecule has 1 aliphatic heterocycles. The van der Waals surface area contributed by atoms with Crippen LogP contribution in [0.15, 0.2) is 48.5 Å². The Labute approximate surface area is 138 Å². The van der Waals surface area contributed by atoms with Gasteiger partial charge in [0.25, 0.3) is 0 Å². The van der Waals surface area contributed by atoms with Crippen molar-refractivity contribution in [1.29, 1.82) is 0 Å². The molecule has 3 aromatic rings. The molecule has 0 aliphatic carbocycles. The number of carbonyl (C=O) groups excluding carboxylic acids is 1. The van der Waals surface area contributed by atoms with Crippen molar-refractivity contribution in [3.05, 3.63) is 59.9 Å². The average Bonchev–Trinajstić information content (AvgIpc) is 3.23. The molecule has 6 heteroatoms. The first kappa shape index (κ1) is 14.8. The summed E-state index contributed by atoms with van der Waals surface area (Å²) in [5.41, 5.74) is 2.61. The molecule has 24 heavy (non-hydrogen) atoms. The third-order valence-corrected chi connectivity index (χ3v) is 4.53. The van der Waals surface area contributed by atoms with Crippen LogP contribution in [0.4, 0.5) is 4.39 Å². The van der Waals surface area contributed by atoms with E-state index in [4.69, 9.17) is 0 Å². The van der Waals surface area contributed by atoms with Gasteiger partial charge in [0.2, 0.25) is 5.91 Å². The summed E-state index contributed by atoms with van der Waals surface area (Å²) >= 11 is 0. The number of hydrogen-bond acceptors (Lipinski definition) is 3. The summed E-state index contributed by atoms with van der Waals surface area (Å²) in [6.45, 7) is 0.881. The van der Waals surface area contributed by atoms with Gasteiger partial charge in [0, 0.05) is 6.54 Å². The maximum absolute atomic E-state index is 13.1. The first-order valence-electron chi connectivity index (χ1n) is 8.05. The topological polar surface area (TPSA) is 51.0 Å². The molecule has 122 valence electrons. The highest BCUT2D eigenvalue weighted by Gasteiger charge is 2.30. The number of likely N-dealkylation sites (tertiary alicyclic amines) is 1. The predicted octanol–water partition coefficient (Wildman–Crippen LogP) is 2.93. The molecule has 1 saturated heterocycles. The van der Waals surface area contributed by atoms with E-state index in [1.807, 2.05) is 29.2 Å². The standard InChI is InChI=1S/C18H17FN4O/c19-14-9-7-13(8-10-14)16-6-3-11-22(16)18(24)12-23-17-5-2-1-4-15(17)20-21-23/h1-2,4-5,7-10,16H,3,6,11-12H2. The third kappa shape index (κ3) is 2.64. The maximum Gasteiger partial charge on any atom is 0.244 e. The van der Waals surface area contributed by atoms with E-state index in [-0.39, 0.29) is 24.3 Å². The van der Waals surface area contributed by atoms with E-state index < -0.39 is 0 Å². The summed E-state index contributed by atoms with van der Waals surface area (Å²) in [5.74, 6) is -0.249. The maximum atomic E-state index is 13.1. The summed E-state index contributed by atoms with van der Waals surface area (Å²) in [6.07, 6.45) is 1.85. The van der Waals surface area contributed by atoms with E-state index in [1.165, 1.54) is 12.1 Å². The summed E-state index contributed by atoms with van der Waals surface area (Å²) in [6, 6.07) is 14.0. The Morgan fingerprint density at radius 2 is 1.96 bits per heavy atom. The van der Waals surface area contributed by atoms with Crippen molar-refractivity contribution in [2.75, 3.05) is 6.54 Å². The highest BCUT2D eigenvalue weighted by molar-refractivity contribution is 5.80. The Hall–Kier alpha value is -2.76. The van der Waals surface area contributed by atoms with Crippen LogP contribution >= 0.6 is 0 Å². The van der Waals surface area contributed by atoms with E-state index in [0.29, 0.717) is 6.54 Å². The molecule has 1 aromatic heterocycles. The summed E-state index contributed by atoms with van der Waals surface area (Å²) in [7, 11) is 0. The molecule has 1 aliphatic rings. The largest absolute Gasteiger partial charge is 0.334 e. The molecule has 0 bridgehead atoms. The van der Waals surface area contributed by atoms with Gasteiger partial charge in [-0.05, 0) is 42.7 Å². The molecule has 1 fully saturated rings. The summed E-state index contributed by atoms with van der Waals surface area (Å²) in [4.78, 5) is 14.6. The fourth-order valence-corrected chi connectivity index (χ4v) is 3.35. The van der Waals surface area contributed by atoms with E-state index in [9.17, 15) is 9.18 Å². The monoisotopic (exact) mass is 324 g/mol. The molecule has 2 heterocycles. The number of amides is 1. The normalized spacial score (nSPS) is 17.5.